The first-order chi connectivity index (χ1) is 8.56. The first kappa shape index (κ1) is 14.4. The fourth-order valence-corrected chi connectivity index (χ4v) is 2.95. The van der Waals surface area contributed by atoms with Crippen molar-refractivity contribution in [1.29, 1.82) is 0 Å². The molecule has 1 nitrogen and oxygen atoms in total. The van der Waals surface area contributed by atoms with Crippen LogP contribution < -0.4 is 5.32 Å². The Bertz CT molecular complexity index is 575. The maximum absolute atomic E-state index is 6.15. The summed E-state index contributed by atoms with van der Waals surface area (Å²) in [6.07, 6.45) is 0. The van der Waals surface area contributed by atoms with Gasteiger partial charge in [0.05, 0.1) is 15.7 Å². The van der Waals surface area contributed by atoms with Gasteiger partial charge in [-0.05, 0) is 74.4 Å². The summed E-state index contributed by atoms with van der Waals surface area (Å²) >= 11 is 17.8. The molecule has 18 heavy (non-hydrogen) atoms. The van der Waals surface area contributed by atoms with E-state index in [2.05, 4.69) is 43.8 Å². The van der Waals surface area contributed by atoms with Crippen molar-refractivity contribution in [2.45, 2.75) is 6.54 Å². The molecule has 5 heteroatoms. The molecular weight excluding hydrogens is 448 g/mol. The molecule has 94 valence electrons. The van der Waals surface area contributed by atoms with E-state index in [1.165, 1.54) is 0 Å². The van der Waals surface area contributed by atoms with Crippen LogP contribution in [-0.4, -0.2) is 0 Å². The van der Waals surface area contributed by atoms with Crippen molar-refractivity contribution in [2.75, 3.05) is 5.32 Å². The SMILES string of the molecule is Clc1ccc(CNc2ccc(I)cc2Cl)cc1Br. The molecule has 0 saturated carbocycles. The van der Waals surface area contributed by atoms with E-state index < -0.39 is 0 Å². The van der Waals surface area contributed by atoms with E-state index in [1.807, 2.05) is 36.4 Å². The Morgan fingerprint density at radius 1 is 1.06 bits per heavy atom. The van der Waals surface area contributed by atoms with Crippen molar-refractivity contribution in [3.05, 3.63) is 60.0 Å². The van der Waals surface area contributed by atoms with Crippen molar-refractivity contribution in [1.82, 2.24) is 0 Å². The first-order valence-corrected chi connectivity index (χ1v) is 7.82. The number of anilines is 1. The topological polar surface area (TPSA) is 12.0 Å². The van der Waals surface area contributed by atoms with Crippen LogP contribution in [0.4, 0.5) is 5.69 Å². The third-order valence-electron chi connectivity index (χ3n) is 2.40. The molecule has 0 spiro atoms. The molecule has 0 aromatic heterocycles. The molecule has 0 amide bonds. The van der Waals surface area contributed by atoms with Crippen LogP contribution in [0.1, 0.15) is 5.56 Å². The van der Waals surface area contributed by atoms with Crippen LogP contribution in [0, 0.1) is 3.57 Å². The van der Waals surface area contributed by atoms with E-state index in [0.717, 1.165) is 24.3 Å². The second kappa shape index (κ2) is 6.46. The molecule has 0 bridgehead atoms. The maximum Gasteiger partial charge on any atom is 0.0648 e. The molecule has 0 aliphatic rings. The number of benzene rings is 2. The smallest absolute Gasteiger partial charge is 0.0648 e. The fraction of sp³-hybridized carbons (Fsp3) is 0.0769. The Morgan fingerprint density at radius 2 is 1.83 bits per heavy atom. The van der Waals surface area contributed by atoms with E-state index in [1.54, 1.807) is 0 Å². The van der Waals surface area contributed by atoms with Crippen LogP contribution >= 0.6 is 61.7 Å². The van der Waals surface area contributed by atoms with Crippen LogP contribution in [0.5, 0.6) is 0 Å². The van der Waals surface area contributed by atoms with E-state index >= 15 is 0 Å². The second-order valence-electron chi connectivity index (χ2n) is 3.73. The van der Waals surface area contributed by atoms with Gasteiger partial charge < -0.3 is 5.32 Å². The molecule has 0 aliphatic carbocycles. The third-order valence-corrected chi connectivity index (χ3v) is 4.60. The number of nitrogens with one attached hydrogen (secondary N) is 1. The predicted molar refractivity (Wildman–Crippen MR) is 90.6 cm³/mol. The molecule has 0 aliphatic heterocycles. The molecule has 0 unspecified atom stereocenters. The summed E-state index contributed by atoms with van der Waals surface area (Å²) < 4.78 is 2.02. The van der Waals surface area contributed by atoms with Gasteiger partial charge in [0.25, 0.3) is 0 Å². The normalized spacial score (nSPS) is 10.4. The lowest BCUT2D eigenvalue weighted by molar-refractivity contribution is 1.15. The monoisotopic (exact) mass is 455 g/mol. The predicted octanol–water partition coefficient (Wildman–Crippen LogP) is 5.97. The van der Waals surface area contributed by atoms with Crippen LogP contribution in [0.15, 0.2) is 40.9 Å². The highest BCUT2D eigenvalue weighted by Gasteiger charge is 2.02. The van der Waals surface area contributed by atoms with Crippen LogP contribution in [-0.2, 0) is 6.54 Å². The Hall–Kier alpha value is 0.0300. The van der Waals surface area contributed by atoms with Crippen molar-refractivity contribution in [3.63, 3.8) is 0 Å². The Morgan fingerprint density at radius 3 is 2.50 bits per heavy atom. The van der Waals surface area contributed by atoms with Crippen LogP contribution in [0.25, 0.3) is 0 Å². The van der Waals surface area contributed by atoms with Crippen LogP contribution in [0.3, 0.4) is 0 Å². The highest BCUT2D eigenvalue weighted by Crippen LogP contribution is 2.26. The van der Waals surface area contributed by atoms with Gasteiger partial charge >= 0.3 is 0 Å². The standard InChI is InChI=1S/C13H9BrCl2IN/c14-10-5-8(1-3-11(10)15)7-18-13-4-2-9(17)6-12(13)16/h1-6,18H,7H2. The summed E-state index contributed by atoms with van der Waals surface area (Å²) in [4.78, 5) is 0. The minimum absolute atomic E-state index is 0.704. The number of hydrogen-bond donors (Lipinski definition) is 1. The fourth-order valence-electron chi connectivity index (χ4n) is 1.48. The molecule has 2 aromatic carbocycles. The number of halogens is 4. The molecule has 0 atom stereocenters. The van der Waals surface area contributed by atoms with Gasteiger partial charge in [0.1, 0.15) is 0 Å². The molecular formula is C13H9BrCl2IN. The zero-order chi connectivity index (χ0) is 13.1. The third kappa shape index (κ3) is 3.76. The van der Waals surface area contributed by atoms with Crippen molar-refractivity contribution in [2.24, 2.45) is 0 Å². The summed E-state index contributed by atoms with van der Waals surface area (Å²) in [5.41, 5.74) is 2.07. The summed E-state index contributed by atoms with van der Waals surface area (Å²) in [6.45, 7) is 0.704. The minimum Gasteiger partial charge on any atom is -0.380 e. The maximum atomic E-state index is 6.15. The summed E-state index contributed by atoms with van der Waals surface area (Å²) in [7, 11) is 0. The second-order valence-corrected chi connectivity index (χ2v) is 6.64. The summed E-state index contributed by atoms with van der Waals surface area (Å²) in [5.74, 6) is 0. The molecule has 0 radical (unpaired) electrons. The summed E-state index contributed by atoms with van der Waals surface area (Å²) in [6, 6.07) is 11.8. The Balaban J connectivity index is 2.09. The average molecular weight is 457 g/mol. The Kier molecular flexibility index (Phi) is 5.18. The molecule has 0 saturated heterocycles. The molecule has 0 heterocycles. The van der Waals surface area contributed by atoms with E-state index in [0.29, 0.717) is 11.6 Å². The van der Waals surface area contributed by atoms with Crippen molar-refractivity contribution >= 4 is 67.4 Å². The largest absolute Gasteiger partial charge is 0.380 e. The highest BCUT2D eigenvalue weighted by molar-refractivity contribution is 14.1. The molecule has 0 fully saturated rings. The zero-order valence-electron chi connectivity index (χ0n) is 9.18. The molecule has 2 rings (SSSR count). The van der Waals surface area contributed by atoms with Crippen molar-refractivity contribution < 1.29 is 0 Å². The van der Waals surface area contributed by atoms with Gasteiger partial charge in [-0.15, -0.1) is 0 Å². The van der Waals surface area contributed by atoms with Gasteiger partial charge in [0, 0.05) is 14.6 Å². The molecule has 2 aromatic rings. The lowest BCUT2D eigenvalue weighted by Crippen LogP contribution is -2.00. The lowest BCUT2D eigenvalue weighted by Gasteiger charge is -2.09. The van der Waals surface area contributed by atoms with E-state index in [9.17, 15) is 0 Å². The van der Waals surface area contributed by atoms with Gasteiger partial charge in [0.15, 0.2) is 0 Å². The quantitative estimate of drug-likeness (QED) is 0.561. The van der Waals surface area contributed by atoms with E-state index in [4.69, 9.17) is 23.2 Å². The Labute approximate surface area is 138 Å². The number of rotatable bonds is 3. The lowest BCUT2D eigenvalue weighted by atomic mass is 10.2. The van der Waals surface area contributed by atoms with Gasteiger partial charge in [-0.25, -0.2) is 0 Å². The average Bonchev–Trinajstić information content (AvgIpc) is 2.32. The first-order valence-electron chi connectivity index (χ1n) is 5.19. The van der Waals surface area contributed by atoms with Gasteiger partial charge in [-0.1, -0.05) is 29.3 Å². The van der Waals surface area contributed by atoms with Crippen LogP contribution in [0.2, 0.25) is 10.0 Å². The molecule has 1 N–H and O–H groups in total. The van der Waals surface area contributed by atoms with E-state index in [-0.39, 0.29) is 0 Å². The minimum atomic E-state index is 0.704. The van der Waals surface area contributed by atoms with Crippen molar-refractivity contribution in [3.8, 4) is 0 Å². The zero-order valence-corrected chi connectivity index (χ0v) is 14.4. The van der Waals surface area contributed by atoms with Gasteiger partial charge in [-0.2, -0.15) is 0 Å². The number of hydrogen-bond acceptors (Lipinski definition) is 1. The highest BCUT2D eigenvalue weighted by atomic mass is 127. The van der Waals surface area contributed by atoms with Gasteiger partial charge in [0.2, 0.25) is 0 Å². The summed E-state index contributed by atoms with van der Waals surface area (Å²) in [5, 5.41) is 4.75. The van der Waals surface area contributed by atoms with Gasteiger partial charge in [-0.3, -0.25) is 0 Å².